The molecule has 1 aliphatic heterocycles. The highest BCUT2D eigenvalue weighted by Gasteiger charge is 2.30. The molecule has 0 bridgehead atoms. The van der Waals surface area contributed by atoms with E-state index in [0.29, 0.717) is 6.42 Å². The highest BCUT2D eigenvalue weighted by Crippen LogP contribution is 2.28. The van der Waals surface area contributed by atoms with Gasteiger partial charge in [-0.1, -0.05) is 25.7 Å². The summed E-state index contributed by atoms with van der Waals surface area (Å²) in [7, 11) is 0. The van der Waals surface area contributed by atoms with E-state index in [9.17, 15) is 4.79 Å². The maximum Gasteiger partial charge on any atom is 0.222 e. The average molecular weight is 281 g/mol. The Labute approximate surface area is 123 Å². The van der Waals surface area contributed by atoms with Gasteiger partial charge >= 0.3 is 0 Å². The normalized spacial score (nSPS) is 25.1. The first-order valence-electron chi connectivity index (χ1n) is 8.38. The van der Waals surface area contributed by atoms with Gasteiger partial charge in [0.15, 0.2) is 0 Å². The van der Waals surface area contributed by atoms with Gasteiger partial charge in [-0.15, -0.1) is 0 Å². The number of nitrogens with zero attached hydrogens (tertiary/aromatic N) is 1. The fourth-order valence-electron chi connectivity index (χ4n) is 3.65. The largest absolute Gasteiger partial charge is 0.352 e. The summed E-state index contributed by atoms with van der Waals surface area (Å²) in [6.07, 6.45) is 10.1. The van der Waals surface area contributed by atoms with Crippen LogP contribution in [0.4, 0.5) is 0 Å². The van der Waals surface area contributed by atoms with E-state index in [0.717, 1.165) is 19.4 Å². The summed E-state index contributed by atoms with van der Waals surface area (Å²) in [4.78, 5) is 14.6. The molecule has 0 aromatic rings. The second-order valence-corrected chi connectivity index (χ2v) is 6.93. The molecule has 1 saturated carbocycles. The molecule has 2 aliphatic rings. The molecule has 1 atom stereocenters. The smallest absolute Gasteiger partial charge is 0.222 e. The van der Waals surface area contributed by atoms with E-state index in [1.807, 2.05) is 0 Å². The summed E-state index contributed by atoms with van der Waals surface area (Å²) in [6, 6.07) is 0.229. The van der Waals surface area contributed by atoms with E-state index in [4.69, 9.17) is 5.73 Å². The Bertz CT molecular complexity index is 307. The molecule has 20 heavy (non-hydrogen) atoms. The zero-order valence-corrected chi connectivity index (χ0v) is 13.0. The standard InChI is InChI=1S/C16H31N3O/c1-14(13-19-10-6-3-7-11-19)18-15(20)12-16(17)8-4-2-5-9-16/h14H,2-13,17H2,1H3,(H,18,20). The minimum absolute atomic E-state index is 0.138. The predicted octanol–water partition coefficient (Wildman–Crippen LogP) is 2.03. The lowest BCUT2D eigenvalue weighted by Gasteiger charge is -2.34. The van der Waals surface area contributed by atoms with E-state index in [1.54, 1.807) is 0 Å². The summed E-state index contributed by atoms with van der Waals surface area (Å²) < 4.78 is 0. The molecule has 2 rings (SSSR count). The van der Waals surface area contributed by atoms with Crippen LogP contribution < -0.4 is 11.1 Å². The van der Waals surface area contributed by atoms with Gasteiger partial charge in [0, 0.05) is 24.5 Å². The van der Waals surface area contributed by atoms with Crippen LogP contribution in [0.1, 0.15) is 64.7 Å². The van der Waals surface area contributed by atoms with E-state index in [2.05, 4.69) is 17.1 Å². The summed E-state index contributed by atoms with van der Waals surface area (Å²) >= 11 is 0. The van der Waals surface area contributed by atoms with Crippen molar-refractivity contribution in [3.8, 4) is 0 Å². The number of nitrogens with two attached hydrogens (primary N) is 1. The molecule has 0 spiro atoms. The molecular formula is C16H31N3O. The van der Waals surface area contributed by atoms with Crippen LogP contribution in [0, 0.1) is 0 Å². The van der Waals surface area contributed by atoms with Crippen molar-refractivity contribution in [3.63, 3.8) is 0 Å². The fourth-order valence-corrected chi connectivity index (χ4v) is 3.65. The summed E-state index contributed by atoms with van der Waals surface area (Å²) in [5.74, 6) is 0.138. The molecule has 1 saturated heterocycles. The van der Waals surface area contributed by atoms with Crippen LogP contribution in [-0.4, -0.2) is 42.0 Å². The molecule has 0 radical (unpaired) electrons. The third kappa shape index (κ3) is 5.06. The average Bonchev–Trinajstić information content (AvgIpc) is 2.39. The van der Waals surface area contributed by atoms with E-state index in [1.165, 1.54) is 51.6 Å². The minimum Gasteiger partial charge on any atom is -0.352 e. The summed E-state index contributed by atoms with van der Waals surface area (Å²) in [5, 5.41) is 3.14. The molecule has 4 nitrogen and oxygen atoms in total. The number of hydrogen-bond acceptors (Lipinski definition) is 3. The van der Waals surface area contributed by atoms with Crippen LogP contribution in [0.2, 0.25) is 0 Å². The number of nitrogens with one attached hydrogen (secondary N) is 1. The van der Waals surface area contributed by atoms with Crippen LogP contribution in [0.25, 0.3) is 0 Å². The lowest BCUT2D eigenvalue weighted by molar-refractivity contribution is -0.123. The van der Waals surface area contributed by atoms with Gasteiger partial charge in [-0.3, -0.25) is 4.79 Å². The molecular weight excluding hydrogens is 250 g/mol. The summed E-state index contributed by atoms with van der Waals surface area (Å²) in [5.41, 5.74) is 6.11. The van der Waals surface area contributed by atoms with Gasteiger partial charge < -0.3 is 16.0 Å². The number of hydrogen-bond donors (Lipinski definition) is 2. The molecule has 0 aromatic carbocycles. The third-order valence-electron chi connectivity index (χ3n) is 4.75. The van der Waals surface area contributed by atoms with Crippen LogP contribution in [-0.2, 0) is 4.79 Å². The Hall–Kier alpha value is -0.610. The molecule has 116 valence electrons. The van der Waals surface area contributed by atoms with Crippen molar-refractivity contribution in [3.05, 3.63) is 0 Å². The Kier molecular flexibility index (Phi) is 5.85. The van der Waals surface area contributed by atoms with Crippen molar-refractivity contribution in [2.75, 3.05) is 19.6 Å². The van der Waals surface area contributed by atoms with Gasteiger partial charge in [0.1, 0.15) is 0 Å². The first-order valence-corrected chi connectivity index (χ1v) is 8.38. The summed E-state index contributed by atoms with van der Waals surface area (Å²) in [6.45, 7) is 5.45. The molecule has 4 heteroatoms. The highest BCUT2D eigenvalue weighted by atomic mass is 16.1. The first-order chi connectivity index (χ1) is 9.57. The van der Waals surface area contributed by atoms with Crippen LogP contribution in [0.15, 0.2) is 0 Å². The van der Waals surface area contributed by atoms with Crippen molar-refractivity contribution < 1.29 is 4.79 Å². The highest BCUT2D eigenvalue weighted by molar-refractivity contribution is 5.77. The number of carbonyl (C=O) groups excluding carboxylic acids is 1. The van der Waals surface area contributed by atoms with E-state index >= 15 is 0 Å². The van der Waals surface area contributed by atoms with Crippen molar-refractivity contribution >= 4 is 5.91 Å². The van der Waals surface area contributed by atoms with Gasteiger partial charge in [-0.05, 0) is 45.7 Å². The second kappa shape index (κ2) is 7.41. The van der Waals surface area contributed by atoms with Crippen LogP contribution in [0.3, 0.4) is 0 Å². The van der Waals surface area contributed by atoms with Gasteiger partial charge in [-0.2, -0.15) is 0 Å². The number of piperidine rings is 1. The van der Waals surface area contributed by atoms with Crippen LogP contribution >= 0.6 is 0 Å². The Morgan fingerprint density at radius 2 is 1.75 bits per heavy atom. The van der Waals surface area contributed by atoms with E-state index in [-0.39, 0.29) is 17.5 Å². The predicted molar refractivity (Wildman–Crippen MR) is 82.5 cm³/mol. The Morgan fingerprint density at radius 1 is 1.15 bits per heavy atom. The minimum atomic E-state index is -0.243. The zero-order valence-electron chi connectivity index (χ0n) is 13.0. The monoisotopic (exact) mass is 281 g/mol. The molecule has 1 unspecified atom stereocenters. The van der Waals surface area contributed by atoms with Gasteiger partial charge in [0.05, 0.1) is 0 Å². The van der Waals surface area contributed by atoms with Crippen molar-refractivity contribution in [1.29, 1.82) is 0 Å². The second-order valence-electron chi connectivity index (χ2n) is 6.93. The molecule has 0 aromatic heterocycles. The van der Waals surface area contributed by atoms with Gasteiger partial charge in [0.2, 0.25) is 5.91 Å². The number of carbonyl (C=O) groups is 1. The molecule has 3 N–H and O–H groups in total. The SMILES string of the molecule is CC(CN1CCCCC1)NC(=O)CC1(N)CCCCC1. The quantitative estimate of drug-likeness (QED) is 0.810. The van der Waals surface area contributed by atoms with E-state index < -0.39 is 0 Å². The topological polar surface area (TPSA) is 58.4 Å². The number of likely N-dealkylation sites (tertiary alicyclic amines) is 1. The van der Waals surface area contributed by atoms with Crippen LogP contribution in [0.5, 0.6) is 0 Å². The lowest BCUT2D eigenvalue weighted by Crippen LogP contribution is -2.49. The van der Waals surface area contributed by atoms with Crippen molar-refractivity contribution in [2.45, 2.75) is 76.3 Å². The zero-order chi connectivity index (χ0) is 14.4. The Balaban J connectivity index is 1.70. The Morgan fingerprint density at radius 3 is 2.40 bits per heavy atom. The van der Waals surface area contributed by atoms with Crippen molar-refractivity contribution in [2.24, 2.45) is 5.73 Å². The molecule has 1 amide bonds. The maximum atomic E-state index is 12.2. The van der Waals surface area contributed by atoms with Crippen molar-refractivity contribution in [1.82, 2.24) is 10.2 Å². The van der Waals surface area contributed by atoms with Gasteiger partial charge in [0.25, 0.3) is 0 Å². The fraction of sp³-hybridized carbons (Fsp3) is 0.938. The third-order valence-corrected chi connectivity index (χ3v) is 4.75. The van der Waals surface area contributed by atoms with Gasteiger partial charge in [-0.25, -0.2) is 0 Å². The molecule has 2 fully saturated rings. The maximum absolute atomic E-state index is 12.2. The molecule has 1 heterocycles. The number of amides is 1. The number of rotatable bonds is 5. The molecule has 1 aliphatic carbocycles. The lowest BCUT2D eigenvalue weighted by atomic mass is 9.80. The first kappa shape index (κ1) is 15.8.